The average molecular weight is 357 g/mol. The molecule has 7 nitrogen and oxygen atoms in total. The molecule has 1 aromatic carbocycles. The summed E-state index contributed by atoms with van der Waals surface area (Å²) in [5, 5.41) is 23.7. The number of rotatable bonds is 3. The van der Waals surface area contributed by atoms with Crippen LogP contribution >= 0.6 is 11.6 Å². The minimum Gasteiger partial charge on any atom is -0.463 e. The van der Waals surface area contributed by atoms with Gasteiger partial charge in [-0.25, -0.2) is 0 Å². The Bertz CT molecular complexity index is 966. The number of benzene rings is 1. The van der Waals surface area contributed by atoms with E-state index in [2.05, 4.69) is 15.3 Å². The molecule has 0 spiro atoms. The molecule has 4 rings (SSSR count). The van der Waals surface area contributed by atoms with Crippen LogP contribution < -0.4 is 26.1 Å². The van der Waals surface area contributed by atoms with Crippen molar-refractivity contribution < 1.29 is 14.8 Å². The molecule has 126 valence electrons. The van der Waals surface area contributed by atoms with E-state index in [4.69, 9.17) is 16.3 Å². The maximum absolute atomic E-state index is 9.54. The van der Waals surface area contributed by atoms with Gasteiger partial charge >= 0.3 is 7.12 Å². The van der Waals surface area contributed by atoms with E-state index >= 15 is 0 Å². The van der Waals surface area contributed by atoms with Crippen molar-refractivity contribution in [2.45, 2.75) is 6.54 Å². The summed E-state index contributed by atoms with van der Waals surface area (Å²) in [5.41, 5.74) is 1.19. The summed E-state index contributed by atoms with van der Waals surface area (Å²) in [7, 11) is -1.70. The lowest BCUT2D eigenvalue weighted by Crippen LogP contribution is -2.47. The van der Waals surface area contributed by atoms with Gasteiger partial charge in [-0.15, -0.1) is 0 Å². The zero-order valence-corrected chi connectivity index (χ0v) is 13.8. The van der Waals surface area contributed by atoms with E-state index < -0.39 is 7.12 Å². The van der Waals surface area contributed by atoms with Crippen molar-refractivity contribution in [3.8, 4) is 5.75 Å². The summed E-state index contributed by atoms with van der Waals surface area (Å²) in [6.07, 6.45) is 6.87. The number of nitrogens with zero attached hydrogens (tertiary/aromatic N) is 3. The van der Waals surface area contributed by atoms with Gasteiger partial charge in [-0.2, -0.15) is 0 Å². The van der Waals surface area contributed by atoms with Crippen LogP contribution in [0.1, 0.15) is 5.56 Å². The number of aromatic nitrogens is 1. The fraction of sp³-hybridized carbons (Fsp3) is 0.125. The Balaban J connectivity index is 1.91. The van der Waals surface area contributed by atoms with Crippen molar-refractivity contribution in [1.82, 2.24) is 15.2 Å². The fourth-order valence-corrected chi connectivity index (χ4v) is 3.20. The predicted molar refractivity (Wildman–Crippen MR) is 93.0 cm³/mol. The first kappa shape index (κ1) is 16.0. The van der Waals surface area contributed by atoms with Crippen LogP contribution in [0.5, 0.6) is 5.75 Å². The summed E-state index contributed by atoms with van der Waals surface area (Å²) in [4.78, 5) is 10.5. The number of hydrogen-bond acceptors (Lipinski definition) is 7. The minimum atomic E-state index is -1.70. The quantitative estimate of drug-likeness (QED) is 0.613. The van der Waals surface area contributed by atoms with Crippen LogP contribution in [0, 0.1) is 0 Å². The molecule has 0 aliphatic carbocycles. The van der Waals surface area contributed by atoms with Gasteiger partial charge in [0, 0.05) is 24.1 Å². The van der Waals surface area contributed by atoms with Crippen LogP contribution in [0.4, 0.5) is 0 Å². The minimum absolute atomic E-state index is 0.162. The van der Waals surface area contributed by atoms with E-state index in [-0.39, 0.29) is 10.5 Å². The van der Waals surface area contributed by atoms with Gasteiger partial charge in [0.2, 0.25) is 0 Å². The highest BCUT2D eigenvalue weighted by molar-refractivity contribution is 6.62. The van der Waals surface area contributed by atoms with Crippen LogP contribution in [0.15, 0.2) is 48.0 Å². The summed E-state index contributed by atoms with van der Waals surface area (Å²) in [5.74, 6) is 1.25. The molecule has 0 unspecified atom stereocenters. The Hall–Kier alpha value is -2.55. The zero-order valence-electron chi connectivity index (χ0n) is 13.1. The Kier molecular flexibility index (Phi) is 4.08. The van der Waals surface area contributed by atoms with E-state index in [1.807, 2.05) is 17.0 Å². The van der Waals surface area contributed by atoms with Crippen LogP contribution in [0.3, 0.4) is 0 Å². The summed E-state index contributed by atoms with van der Waals surface area (Å²) in [6, 6.07) is 5.39. The highest BCUT2D eigenvalue weighted by Gasteiger charge is 2.25. The molecule has 3 heterocycles. The van der Waals surface area contributed by atoms with Crippen LogP contribution in [-0.4, -0.2) is 33.7 Å². The van der Waals surface area contributed by atoms with E-state index in [1.54, 1.807) is 24.9 Å². The van der Waals surface area contributed by atoms with Gasteiger partial charge < -0.3 is 25.0 Å². The lowest BCUT2D eigenvalue weighted by molar-refractivity contribution is 0.424. The lowest BCUT2D eigenvalue weighted by atomic mass is 9.79. The highest BCUT2D eigenvalue weighted by atomic mass is 35.5. The second-order valence-electron chi connectivity index (χ2n) is 5.61. The Labute approximate surface area is 148 Å². The second-order valence-corrected chi connectivity index (χ2v) is 5.99. The van der Waals surface area contributed by atoms with Crippen LogP contribution in [0.2, 0.25) is 5.02 Å². The topological polar surface area (TPSA) is 90.2 Å². The largest absolute Gasteiger partial charge is 0.490 e. The van der Waals surface area contributed by atoms with E-state index in [1.165, 1.54) is 6.07 Å². The monoisotopic (exact) mass is 356 g/mol. The molecule has 1 aromatic heterocycles. The molecule has 0 saturated heterocycles. The molecule has 2 aliphatic rings. The van der Waals surface area contributed by atoms with Gasteiger partial charge in [-0.1, -0.05) is 17.7 Å². The third-order valence-corrected chi connectivity index (χ3v) is 4.43. The molecule has 0 atom stereocenters. The number of pyridine rings is 1. The maximum atomic E-state index is 9.54. The SMILES string of the molecule is OB(O)c1cc2c3c(c1Cl)=NCNC=3N(Cc1cccnc1)C=CO2. The van der Waals surface area contributed by atoms with Crippen molar-refractivity contribution >= 4 is 30.0 Å². The molecule has 0 amide bonds. The summed E-state index contributed by atoms with van der Waals surface area (Å²) >= 11 is 6.34. The van der Waals surface area contributed by atoms with Crippen molar-refractivity contribution in [3.05, 3.63) is 64.2 Å². The average Bonchev–Trinajstić information content (AvgIpc) is 2.79. The smallest absolute Gasteiger partial charge is 0.463 e. The molecular weight excluding hydrogens is 342 g/mol. The van der Waals surface area contributed by atoms with E-state index in [9.17, 15) is 10.0 Å². The van der Waals surface area contributed by atoms with Gasteiger partial charge in [0.05, 0.1) is 22.1 Å². The summed E-state index contributed by atoms with van der Waals surface area (Å²) < 4.78 is 5.67. The van der Waals surface area contributed by atoms with Crippen molar-refractivity contribution in [1.29, 1.82) is 0 Å². The predicted octanol–water partition coefficient (Wildman–Crippen LogP) is -0.973. The van der Waals surface area contributed by atoms with E-state index in [0.29, 0.717) is 29.5 Å². The highest BCUT2D eigenvalue weighted by Crippen LogP contribution is 2.16. The van der Waals surface area contributed by atoms with Gasteiger partial charge in [0.1, 0.15) is 24.5 Å². The molecule has 0 fully saturated rings. The third-order valence-electron chi connectivity index (χ3n) is 4.03. The third kappa shape index (κ3) is 2.84. The van der Waals surface area contributed by atoms with Gasteiger partial charge in [0.25, 0.3) is 0 Å². The molecule has 9 heteroatoms. The van der Waals surface area contributed by atoms with Crippen molar-refractivity contribution in [2.75, 3.05) is 6.67 Å². The molecule has 0 saturated carbocycles. The molecule has 2 aliphatic heterocycles. The normalized spacial score (nSPS) is 14.8. The Morgan fingerprint density at radius 1 is 1.40 bits per heavy atom. The molecule has 3 N–H and O–H groups in total. The Morgan fingerprint density at radius 2 is 2.28 bits per heavy atom. The number of ether oxygens (including phenoxy) is 1. The summed E-state index contributed by atoms with van der Waals surface area (Å²) in [6.45, 7) is 0.904. The van der Waals surface area contributed by atoms with Gasteiger partial charge in [-0.05, 0) is 17.7 Å². The van der Waals surface area contributed by atoms with Crippen LogP contribution in [0.25, 0.3) is 5.82 Å². The number of nitrogens with one attached hydrogen (secondary N) is 1. The number of hydrogen-bond donors (Lipinski definition) is 3. The second kappa shape index (κ2) is 6.40. The molecule has 0 bridgehead atoms. The van der Waals surface area contributed by atoms with Gasteiger partial charge in [-0.3, -0.25) is 9.98 Å². The van der Waals surface area contributed by atoms with Crippen molar-refractivity contribution in [3.63, 3.8) is 0 Å². The molecular formula is C16H14BClN4O3. The maximum Gasteiger partial charge on any atom is 0.490 e. The molecule has 0 radical (unpaired) electrons. The first-order valence-corrected chi connectivity index (χ1v) is 8.03. The van der Waals surface area contributed by atoms with E-state index in [0.717, 1.165) is 11.4 Å². The van der Waals surface area contributed by atoms with Crippen molar-refractivity contribution in [2.24, 2.45) is 4.99 Å². The first-order valence-electron chi connectivity index (χ1n) is 7.65. The zero-order chi connectivity index (χ0) is 17.4. The van der Waals surface area contributed by atoms with Crippen LogP contribution in [-0.2, 0) is 6.54 Å². The first-order chi connectivity index (χ1) is 12.1. The Morgan fingerprint density at radius 3 is 3.04 bits per heavy atom. The standard InChI is InChI=1S/C16H14BClN4O3/c18-14-11(17(23)24)6-12-13-15(14)20-9-21-16(13)22(4-5-25-12)8-10-2-1-3-19-7-10/h1-7,21,23-24H,8-9H2. The lowest BCUT2D eigenvalue weighted by Gasteiger charge is -2.25. The molecule has 2 aromatic rings. The molecule has 25 heavy (non-hydrogen) atoms. The fourth-order valence-electron chi connectivity index (χ4n) is 2.90. The number of halogens is 1. The van der Waals surface area contributed by atoms with Gasteiger partial charge in [0.15, 0.2) is 0 Å².